The number of para-hydroxylation sites is 1. The van der Waals surface area contributed by atoms with Gasteiger partial charge in [-0.2, -0.15) is 9.67 Å². The van der Waals surface area contributed by atoms with Crippen LogP contribution in [0.2, 0.25) is 0 Å². The zero-order chi connectivity index (χ0) is 16.8. The fraction of sp³-hybridized carbons (Fsp3) is 0.357. The molecule has 1 amide bonds. The minimum Gasteiger partial charge on any atom is -0.344 e. The van der Waals surface area contributed by atoms with Crippen LogP contribution in [-0.4, -0.2) is 34.6 Å². The van der Waals surface area contributed by atoms with Gasteiger partial charge in [0.15, 0.2) is 0 Å². The zero-order valence-corrected chi connectivity index (χ0v) is 13.8. The van der Waals surface area contributed by atoms with Crippen LogP contribution < -0.4 is 10.0 Å². The van der Waals surface area contributed by atoms with E-state index in [4.69, 9.17) is 0 Å². The van der Waals surface area contributed by atoms with E-state index in [1.54, 1.807) is 18.2 Å². The molecule has 2 heterocycles. The van der Waals surface area contributed by atoms with Crippen LogP contribution in [0.15, 0.2) is 29.2 Å². The summed E-state index contributed by atoms with van der Waals surface area (Å²) >= 11 is 0. The monoisotopic (exact) mass is 335 g/mol. The second kappa shape index (κ2) is 5.05. The Bertz CT molecular complexity index is 886. The third-order valence-electron chi connectivity index (χ3n) is 3.75. The van der Waals surface area contributed by atoms with Crippen molar-refractivity contribution >= 4 is 21.9 Å². The first-order valence-corrected chi connectivity index (χ1v) is 8.63. The lowest BCUT2D eigenvalue weighted by Crippen LogP contribution is -2.43. The van der Waals surface area contributed by atoms with Crippen LogP contribution >= 0.6 is 0 Å². The Kier molecular flexibility index (Phi) is 3.40. The van der Waals surface area contributed by atoms with E-state index in [9.17, 15) is 13.2 Å². The van der Waals surface area contributed by atoms with Gasteiger partial charge < -0.3 is 5.32 Å². The third kappa shape index (κ3) is 2.67. The topological polar surface area (TPSA) is 106 Å². The fourth-order valence-electron chi connectivity index (χ4n) is 2.13. The summed E-state index contributed by atoms with van der Waals surface area (Å²) in [6.45, 7) is 5.73. The van der Waals surface area contributed by atoms with Crippen LogP contribution in [-0.2, 0) is 10.0 Å². The SMILES string of the molecule is CCC(C)(C)NC(=O)c1nc2n(n1)-c1ccccc1S(=O)(=O)N2. The van der Waals surface area contributed by atoms with Gasteiger partial charge in [0.05, 0.1) is 5.69 Å². The number of aromatic nitrogens is 3. The van der Waals surface area contributed by atoms with Gasteiger partial charge >= 0.3 is 0 Å². The van der Waals surface area contributed by atoms with E-state index < -0.39 is 21.5 Å². The first kappa shape index (κ1) is 15.5. The molecule has 8 nitrogen and oxygen atoms in total. The number of nitrogens with one attached hydrogen (secondary N) is 2. The van der Waals surface area contributed by atoms with E-state index >= 15 is 0 Å². The second-order valence-electron chi connectivity index (χ2n) is 5.94. The van der Waals surface area contributed by atoms with Crippen LogP contribution in [0.25, 0.3) is 5.69 Å². The minimum absolute atomic E-state index is 0.00292. The molecule has 1 aliphatic heterocycles. The molecule has 0 atom stereocenters. The van der Waals surface area contributed by atoms with Crippen molar-refractivity contribution in [3.8, 4) is 5.69 Å². The molecule has 0 saturated heterocycles. The number of amides is 1. The summed E-state index contributed by atoms with van der Waals surface area (Å²) in [4.78, 5) is 16.4. The summed E-state index contributed by atoms with van der Waals surface area (Å²) in [7, 11) is -3.71. The second-order valence-corrected chi connectivity index (χ2v) is 7.59. The molecule has 1 aliphatic rings. The molecular weight excluding hydrogens is 318 g/mol. The maximum absolute atomic E-state index is 12.3. The summed E-state index contributed by atoms with van der Waals surface area (Å²) < 4.78 is 28.0. The van der Waals surface area contributed by atoms with Gasteiger partial charge in [-0.1, -0.05) is 19.1 Å². The lowest BCUT2D eigenvalue weighted by molar-refractivity contribution is 0.0900. The average Bonchev–Trinajstić information content (AvgIpc) is 2.90. The number of nitrogens with zero attached hydrogens (tertiary/aromatic N) is 3. The van der Waals surface area contributed by atoms with Crippen molar-refractivity contribution in [3.63, 3.8) is 0 Å². The van der Waals surface area contributed by atoms with Crippen LogP contribution in [0.1, 0.15) is 37.8 Å². The molecule has 1 aromatic heterocycles. The van der Waals surface area contributed by atoms with Crippen LogP contribution in [0.3, 0.4) is 0 Å². The molecule has 0 bridgehead atoms. The Balaban J connectivity index is 2.04. The van der Waals surface area contributed by atoms with Crippen molar-refractivity contribution in [1.29, 1.82) is 0 Å². The first-order chi connectivity index (χ1) is 10.7. The molecule has 2 aromatic rings. The van der Waals surface area contributed by atoms with Gasteiger partial charge in [-0.05, 0) is 32.4 Å². The highest BCUT2D eigenvalue weighted by Crippen LogP contribution is 2.29. The number of carbonyl (C=O) groups is 1. The van der Waals surface area contributed by atoms with E-state index in [1.807, 2.05) is 20.8 Å². The Labute approximate surface area is 134 Å². The molecule has 0 radical (unpaired) electrons. The largest absolute Gasteiger partial charge is 0.344 e. The van der Waals surface area contributed by atoms with Crippen molar-refractivity contribution in [2.24, 2.45) is 0 Å². The van der Waals surface area contributed by atoms with Gasteiger partial charge in [0.25, 0.3) is 15.9 Å². The smallest absolute Gasteiger partial charge is 0.291 e. The molecule has 122 valence electrons. The van der Waals surface area contributed by atoms with Crippen molar-refractivity contribution < 1.29 is 13.2 Å². The summed E-state index contributed by atoms with van der Waals surface area (Å²) in [5.74, 6) is -0.528. The molecule has 0 saturated carbocycles. The van der Waals surface area contributed by atoms with Crippen LogP contribution in [0.5, 0.6) is 0 Å². The Morgan fingerprint density at radius 1 is 1.35 bits per heavy atom. The lowest BCUT2D eigenvalue weighted by Gasteiger charge is -2.23. The maximum atomic E-state index is 12.3. The van der Waals surface area contributed by atoms with E-state index in [-0.39, 0.29) is 16.7 Å². The minimum atomic E-state index is -3.71. The molecule has 0 aliphatic carbocycles. The van der Waals surface area contributed by atoms with Gasteiger partial charge in [0.2, 0.25) is 11.8 Å². The first-order valence-electron chi connectivity index (χ1n) is 7.15. The van der Waals surface area contributed by atoms with Gasteiger partial charge in [-0.25, -0.2) is 13.1 Å². The summed E-state index contributed by atoms with van der Waals surface area (Å²) in [6, 6.07) is 6.41. The maximum Gasteiger partial charge on any atom is 0.291 e. The molecule has 0 spiro atoms. The molecule has 0 fully saturated rings. The Morgan fingerprint density at radius 3 is 2.74 bits per heavy atom. The average molecular weight is 335 g/mol. The number of benzene rings is 1. The highest BCUT2D eigenvalue weighted by Gasteiger charge is 2.31. The highest BCUT2D eigenvalue weighted by molar-refractivity contribution is 7.92. The van der Waals surface area contributed by atoms with Crippen LogP contribution in [0.4, 0.5) is 5.95 Å². The van der Waals surface area contributed by atoms with Crippen molar-refractivity contribution in [3.05, 3.63) is 30.1 Å². The molecule has 2 N–H and O–H groups in total. The Hall–Kier alpha value is -2.42. The lowest BCUT2D eigenvalue weighted by atomic mass is 10.0. The van der Waals surface area contributed by atoms with Gasteiger partial charge in [0, 0.05) is 5.54 Å². The zero-order valence-electron chi connectivity index (χ0n) is 13.0. The van der Waals surface area contributed by atoms with Crippen molar-refractivity contribution in [2.75, 3.05) is 4.72 Å². The highest BCUT2D eigenvalue weighted by atomic mass is 32.2. The fourth-order valence-corrected chi connectivity index (χ4v) is 3.30. The number of rotatable bonds is 3. The summed E-state index contributed by atoms with van der Waals surface area (Å²) in [5.41, 5.74) is -0.0390. The number of hydrogen-bond donors (Lipinski definition) is 2. The number of carbonyl (C=O) groups excluding carboxylic acids is 1. The van der Waals surface area contributed by atoms with E-state index in [0.29, 0.717) is 5.69 Å². The van der Waals surface area contributed by atoms with E-state index in [1.165, 1.54) is 10.7 Å². The molecule has 9 heteroatoms. The molecule has 23 heavy (non-hydrogen) atoms. The number of fused-ring (bicyclic) bond motifs is 3. The summed E-state index contributed by atoms with van der Waals surface area (Å²) in [5, 5.41) is 6.96. The van der Waals surface area contributed by atoms with Gasteiger partial charge in [-0.3, -0.25) is 4.79 Å². The van der Waals surface area contributed by atoms with E-state index in [0.717, 1.165) is 6.42 Å². The predicted octanol–water partition coefficient (Wildman–Crippen LogP) is 1.30. The normalized spacial score (nSPS) is 15.3. The molecular formula is C14H17N5O3S. The van der Waals surface area contributed by atoms with Crippen LogP contribution in [0, 0.1) is 0 Å². The number of anilines is 1. The molecule has 0 unspecified atom stereocenters. The van der Waals surface area contributed by atoms with E-state index in [2.05, 4.69) is 20.1 Å². The Morgan fingerprint density at radius 2 is 2.04 bits per heavy atom. The van der Waals surface area contributed by atoms with Crippen molar-refractivity contribution in [2.45, 2.75) is 37.6 Å². The molecule has 3 rings (SSSR count). The number of hydrogen-bond acceptors (Lipinski definition) is 5. The van der Waals surface area contributed by atoms with Gasteiger partial charge in [-0.15, -0.1) is 5.10 Å². The summed E-state index contributed by atoms with van der Waals surface area (Å²) in [6.07, 6.45) is 0.738. The van der Waals surface area contributed by atoms with Crippen molar-refractivity contribution in [1.82, 2.24) is 20.1 Å². The third-order valence-corrected chi connectivity index (χ3v) is 5.13. The quantitative estimate of drug-likeness (QED) is 0.879. The number of sulfonamides is 1. The van der Waals surface area contributed by atoms with Gasteiger partial charge in [0.1, 0.15) is 4.90 Å². The standard InChI is InChI=1S/C14H17N5O3S/c1-4-14(2,3)16-12(20)11-15-13-18-23(21,22)10-8-6-5-7-9(10)19(13)17-11/h5-8H,4H2,1-3H3,(H,16,20)(H,15,17,18). The molecule has 1 aromatic carbocycles. The predicted molar refractivity (Wildman–Crippen MR) is 84.0 cm³/mol.